The molecule has 3 rings (SSSR count). The van der Waals surface area contributed by atoms with E-state index in [1.54, 1.807) is 24.3 Å². The number of hydrogen-bond donors (Lipinski definition) is 2. The molecule has 0 bridgehead atoms. The number of ether oxygens (including phenoxy) is 3. The van der Waals surface area contributed by atoms with Crippen molar-refractivity contribution in [3.63, 3.8) is 0 Å². The van der Waals surface area contributed by atoms with Gasteiger partial charge in [0.15, 0.2) is 17.5 Å². The minimum Gasteiger partial charge on any atom is -0.492 e. The number of fused-ring (bicyclic) bond motifs is 1. The molecule has 0 unspecified atom stereocenters. The Morgan fingerprint density at radius 1 is 1.15 bits per heavy atom. The fraction of sp³-hybridized carbons (Fsp3) is 0.316. The Morgan fingerprint density at radius 3 is 2.85 bits per heavy atom. The van der Waals surface area contributed by atoms with E-state index in [-0.39, 0.29) is 19.2 Å². The fourth-order valence-corrected chi connectivity index (χ4v) is 2.44. The first-order valence-corrected chi connectivity index (χ1v) is 8.54. The second-order valence-corrected chi connectivity index (χ2v) is 5.58. The predicted octanol–water partition coefficient (Wildman–Crippen LogP) is 2.69. The van der Waals surface area contributed by atoms with Crippen molar-refractivity contribution >= 4 is 5.96 Å². The lowest BCUT2D eigenvalue weighted by atomic mass is 10.2. The van der Waals surface area contributed by atoms with Crippen molar-refractivity contribution in [2.45, 2.75) is 13.5 Å². The Labute approximate surface area is 152 Å². The molecule has 138 valence electrons. The van der Waals surface area contributed by atoms with E-state index < -0.39 is 0 Å². The summed E-state index contributed by atoms with van der Waals surface area (Å²) in [6.07, 6.45) is 0. The van der Waals surface area contributed by atoms with Gasteiger partial charge in [0.05, 0.1) is 13.1 Å². The molecular formula is C19H22FN3O3. The molecule has 2 N–H and O–H groups in total. The topological polar surface area (TPSA) is 64.1 Å². The van der Waals surface area contributed by atoms with E-state index in [0.29, 0.717) is 42.7 Å². The third kappa shape index (κ3) is 4.78. The predicted molar refractivity (Wildman–Crippen MR) is 97.3 cm³/mol. The van der Waals surface area contributed by atoms with Gasteiger partial charge >= 0.3 is 0 Å². The molecule has 0 saturated heterocycles. The van der Waals surface area contributed by atoms with Crippen molar-refractivity contribution < 1.29 is 18.6 Å². The number of rotatable bonds is 7. The van der Waals surface area contributed by atoms with Crippen LogP contribution in [0.5, 0.6) is 17.2 Å². The fourth-order valence-electron chi connectivity index (χ4n) is 2.44. The molecule has 0 saturated carbocycles. The second kappa shape index (κ2) is 8.94. The van der Waals surface area contributed by atoms with Crippen LogP contribution in [-0.2, 0) is 6.54 Å². The number of halogens is 1. The highest BCUT2D eigenvalue weighted by molar-refractivity contribution is 5.79. The Balaban J connectivity index is 1.47. The summed E-state index contributed by atoms with van der Waals surface area (Å²) in [5, 5.41) is 6.30. The maximum Gasteiger partial charge on any atom is 0.231 e. The van der Waals surface area contributed by atoms with Crippen LogP contribution in [0.2, 0.25) is 0 Å². The molecule has 1 heterocycles. The Hall–Kier alpha value is -2.96. The third-order valence-corrected chi connectivity index (χ3v) is 3.72. The largest absolute Gasteiger partial charge is 0.492 e. The lowest BCUT2D eigenvalue weighted by Gasteiger charge is -2.12. The molecule has 0 spiro atoms. The van der Waals surface area contributed by atoms with Crippen molar-refractivity contribution in [2.75, 3.05) is 26.5 Å². The highest BCUT2D eigenvalue weighted by Crippen LogP contribution is 2.34. The molecule has 0 aromatic heterocycles. The first-order valence-electron chi connectivity index (χ1n) is 8.54. The molecule has 6 nitrogen and oxygen atoms in total. The van der Waals surface area contributed by atoms with Gasteiger partial charge in [-0.25, -0.2) is 9.38 Å². The lowest BCUT2D eigenvalue weighted by Crippen LogP contribution is -2.39. The Kier molecular flexibility index (Phi) is 6.14. The molecular weight excluding hydrogens is 337 g/mol. The van der Waals surface area contributed by atoms with E-state index in [2.05, 4.69) is 15.6 Å². The van der Waals surface area contributed by atoms with Crippen LogP contribution in [0.3, 0.4) is 0 Å². The highest BCUT2D eigenvalue weighted by atomic mass is 19.1. The quantitative estimate of drug-likeness (QED) is 0.452. The molecule has 0 atom stereocenters. The van der Waals surface area contributed by atoms with Gasteiger partial charge < -0.3 is 24.8 Å². The molecule has 0 aliphatic carbocycles. The number of nitrogens with zero attached hydrogens (tertiary/aromatic N) is 1. The molecule has 1 aliphatic rings. The van der Waals surface area contributed by atoms with E-state index in [1.165, 1.54) is 6.07 Å². The number of guanidine groups is 1. The van der Waals surface area contributed by atoms with E-state index in [0.717, 1.165) is 5.75 Å². The summed E-state index contributed by atoms with van der Waals surface area (Å²) in [5.41, 5.74) is 0.557. The maximum absolute atomic E-state index is 13.7. The van der Waals surface area contributed by atoms with Gasteiger partial charge in [-0.2, -0.15) is 0 Å². The maximum atomic E-state index is 13.7. The van der Waals surface area contributed by atoms with Crippen molar-refractivity contribution in [1.29, 1.82) is 0 Å². The monoisotopic (exact) mass is 359 g/mol. The SMILES string of the molecule is CCNC(=NCc1ccccc1F)NCCOc1ccc2c(c1)OCO2. The van der Waals surface area contributed by atoms with Crippen molar-refractivity contribution in [3.05, 3.63) is 53.8 Å². The van der Waals surface area contributed by atoms with Crippen LogP contribution in [0.15, 0.2) is 47.5 Å². The molecule has 1 aliphatic heterocycles. The van der Waals surface area contributed by atoms with Crippen LogP contribution in [-0.4, -0.2) is 32.4 Å². The second-order valence-electron chi connectivity index (χ2n) is 5.58. The first-order chi connectivity index (χ1) is 12.8. The zero-order valence-electron chi connectivity index (χ0n) is 14.6. The summed E-state index contributed by atoms with van der Waals surface area (Å²) in [7, 11) is 0. The Morgan fingerprint density at radius 2 is 2.00 bits per heavy atom. The minimum atomic E-state index is -0.252. The van der Waals surface area contributed by atoms with Crippen LogP contribution in [0.4, 0.5) is 4.39 Å². The number of nitrogens with one attached hydrogen (secondary N) is 2. The molecule has 7 heteroatoms. The van der Waals surface area contributed by atoms with E-state index >= 15 is 0 Å². The smallest absolute Gasteiger partial charge is 0.231 e. The van der Waals surface area contributed by atoms with Gasteiger partial charge in [0.1, 0.15) is 18.2 Å². The number of benzene rings is 2. The first kappa shape index (κ1) is 17.8. The Bertz CT molecular complexity index is 767. The summed E-state index contributed by atoms with van der Waals surface area (Å²) in [5.74, 6) is 2.49. The highest BCUT2D eigenvalue weighted by Gasteiger charge is 2.13. The number of hydrogen-bond acceptors (Lipinski definition) is 4. The van der Waals surface area contributed by atoms with Gasteiger partial charge in [0.25, 0.3) is 0 Å². The van der Waals surface area contributed by atoms with Gasteiger partial charge in [0, 0.05) is 18.2 Å². The summed E-state index contributed by atoms with van der Waals surface area (Å²) in [6, 6.07) is 12.1. The van der Waals surface area contributed by atoms with Crippen LogP contribution in [0, 0.1) is 5.82 Å². The normalized spacial score (nSPS) is 12.8. The molecule has 2 aromatic carbocycles. The van der Waals surface area contributed by atoms with Crippen LogP contribution < -0.4 is 24.8 Å². The molecule has 0 radical (unpaired) electrons. The molecule has 2 aromatic rings. The van der Waals surface area contributed by atoms with Crippen LogP contribution in [0.1, 0.15) is 12.5 Å². The van der Waals surface area contributed by atoms with E-state index in [4.69, 9.17) is 14.2 Å². The zero-order chi connectivity index (χ0) is 18.2. The average molecular weight is 359 g/mol. The zero-order valence-corrected chi connectivity index (χ0v) is 14.6. The van der Waals surface area contributed by atoms with Crippen LogP contribution in [0.25, 0.3) is 0 Å². The number of aliphatic imine (C=N–C) groups is 1. The molecule has 0 fully saturated rings. The van der Waals surface area contributed by atoms with Crippen LogP contribution >= 0.6 is 0 Å². The van der Waals surface area contributed by atoms with Gasteiger partial charge in [-0.1, -0.05) is 18.2 Å². The summed E-state index contributed by atoms with van der Waals surface area (Å²) in [6.45, 7) is 4.20. The van der Waals surface area contributed by atoms with E-state index in [9.17, 15) is 4.39 Å². The van der Waals surface area contributed by atoms with Crippen molar-refractivity contribution in [2.24, 2.45) is 4.99 Å². The molecule has 26 heavy (non-hydrogen) atoms. The average Bonchev–Trinajstić information content (AvgIpc) is 3.12. The standard InChI is InChI=1S/C19H22FN3O3/c1-2-21-19(23-12-14-5-3-4-6-16(14)20)22-9-10-24-15-7-8-17-18(11-15)26-13-25-17/h3-8,11H,2,9-10,12-13H2,1H3,(H2,21,22,23). The van der Waals surface area contributed by atoms with Crippen molar-refractivity contribution in [3.8, 4) is 17.2 Å². The third-order valence-electron chi connectivity index (χ3n) is 3.72. The molecule has 0 amide bonds. The van der Waals surface area contributed by atoms with Gasteiger partial charge in [-0.3, -0.25) is 0 Å². The minimum absolute atomic E-state index is 0.241. The van der Waals surface area contributed by atoms with E-state index in [1.807, 2.05) is 19.1 Å². The lowest BCUT2D eigenvalue weighted by molar-refractivity contribution is 0.173. The van der Waals surface area contributed by atoms with Gasteiger partial charge in [-0.05, 0) is 25.1 Å². The summed E-state index contributed by atoms with van der Waals surface area (Å²) in [4.78, 5) is 4.40. The van der Waals surface area contributed by atoms with Gasteiger partial charge in [-0.15, -0.1) is 0 Å². The van der Waals surface area contributed by atoms with Gasteiger partial charge in [0.2, 0.25) is 6.79 Å². The van der Waals surface area contributed by atoms with Crippen molar-refractivity contribution in [1.82, 2.24) is 10.6 Å². The summed E-state index contributed by atoms with van der Waals surface area (Å²) < 4.78 is 30.0. The summed E-state index contributed by atoms with van der Waals surface area (Å²) >= 11 is 0.